The summed E-state index contributed by atoms with van der Waals surface area (Å²) in [5, 5.41) is 12.0. The third kappa shape index (κ3) is 7.37. The summed E-state index contributed by atoms with van der Waals surface area (Å²) in [6.07, 6.45) is -3.39. The minimum Gasteiger partial charge on any atom is -0.492 e. The number of fused-ring (bicyclic) bond motifs is 1. The summed E-state index contributed by atoms with van der Waals surface area (Å²) >= 11 is 0. The second kappa shape index (κ2) is 11.5. The number of likely N-dealkylation sites (tertiary alicyclic amines) is 1. The number of alkyl halides is 3. The van der Waals surface area contributed by atoms with E-state index in [2.05, 4.69) is 5.32 Å². The quantitative estimate of drug-likeness (QED) is 0.223. The van der Waals surface area contributed by atoms with Crippen LogP contribution in [0, 0.1) is 0 Å². The number of nitrogens with one attached hydrogen (secondary N) is 2. The molecule has 12 heteroatoms. The van der Waals surface area contributed by atoms with Gasteiger partial charge in [-0.3, -0.25) is 19.7 Å². The van der Waals surface area contributed by atoms with Crippen LogP contribution < -0.4 is 20.3 Å². The highest BCUT2D eigenvalue weighted by Gasteiger charge is 2.32. The highest BCUT2D eigenvalue weighted by Crippen LogP contribution is 2.27. The minimum absolute atomic E-state index is 0.118. The van der Waals surface area contributed by atoms with Crippen LogP contribution in [0.15, 0.2) is 52.9 Å². The van der Waals surface area contributed by atoms with Crippen molar-refractivity contribution in [1.29, 1.82) is 0 Å². The molecule has 2 amide bonds. The molecule has 2 aromatic carbocycles. The molecule has 0 unspecified atom stereocenters. The lowest BCUT2D eigenvalue weighted by Crippen LogP contribution is -2.42. The van der Waals surface area contributed by atoms with Gasteiger partial charge in [0.05, 0.1) is 13.1 Å². The Hall–Kier alpha value is -3.77. The summed E-state index contributed by atoms with van der Waals surface area (Å²) in [5.74, 6) is 0.117. The Labute approximate surface area is 210 Å². The number of furan rings is 1. The fourth-order valence-electron chi connectivity index (χ4n) is 4.03. The Kier molecular flexibility index (Phi) is 8.19. The van der Waals surface area contributed by atoms with Crippen molar-refractivity contribution >= 4 is 22.8 Å². The molecule has 1 aliphatic heterocycles. The van der Waals surface area contributed by atoms with Crippen LogP contribution in [-0.2, 0) is 0 Å². The monoisotopic (exact) mass is 521 g/mol. The highest BCUT2D eigenvalue weighted by molar-refractivity contribution is 5.96. The maximum Gasteiger partial charge on any atom is 0.401 e. The van der Waals surface area contributed by atoms with Gasteiger partial charge in [-0.05, 0) is 61.4 Å². The molecule has 0 aliphatic carbocycles. The molecule has 3 aromatic rings. The van der Waals surface area contributed by atoms with Crippen molar-refractivity contribution in [3.8, 4) is 11.5 Å². The van der Waals surface area contributed by atoms with E-state index in [0.717, 1.165) is 0 Å². The number of rotatable bonds is 9. The number of halogens is 3. The number of hydroxylamine groups is 1. The third-order valence-electron chi connectivity index (χ3n) is 5.83. The van der Waals surface area contributed by atoms with Crippen LogP contribution in [0.25, 0.3) is 11.0 Å². The van der Waals surface area contributed by atoms with E-state index in [0.29, 0.717) is 48.4 Å². The summed E-state index contributed by atoms with van der Waals surface area (Å²) in [4.78, 5) is 25.2. The van der Waals surface area contributed by atoms with Gasteiger partial charge in [0, 0.05) is 24.0 Å². The van der Waals surface area contributed by atoms with E-state index in [4.69, 9.17) is 19.1 Å². The maximum atomic E-state index is 12.6. The number of carbonyl (C=O) groups is 2. The Morgan fingerprint density at radius 3 is 2.41 bits per heavy atom. The predicted molar refractivity (Wildman–Crippen MR) is 126 cm³/mol. The van der Waals surface area contributed by atoms with Crippen LogP contribution in [0.1, 0.15) is 33.8 Å². The van der Waals surface area contributed by atoms with Crippen LogP contribution in [0.4, 0.5) is 13.2 Å². The van der Waals surface area contributed by atoms with Crippen molar-refractivity contribution in [2.24, 2.45) is 0 Å². The standard InChI is InChI=1S/C25H26F3N3O6/c26-25(27,28)15-31-10-7-19(8-11-31)36-20-5-6-21-17(13-20)14-22(37-21)24(33)29-9-12-35-18-3-1-16(2-4-18)23(32)30-34/h1-6,13-14,19,34H,7-12,15H2,(H,29,33)(H,30,32). The van der Waals surface area contributed by atoms with Crippen LogP contribution in [0.2, 0.25) is 0 Å². The summed E-state index contributed by atoms with van der Waals surface area (Å²) in [6.45, 7) is 0.112. The molecule has 2 heterocycles. The molecule has 1 aliphatic rings. The lowest BCUT2D eigenvalue weighted by atomic mass is 10.1. The predicted octanol–water partition coefficient (Wildman–Crippen LogP) is 3.77. The van der Waals surface area contributed by atoms with Crippen molar-refractivity contribution < 1.29 is 41.9 Å². The van der Waals surface area contributed by atoms with Gasteiger partial charge in [0.1, 0.15) is 29.8 Å². The van der Waals surface area contributed by atoms with E-state index in [1.807, 2.05) is 0 Å². The zero-order chi connectivity index (χ0) is 26.4. The van der Waals surface area contributed by atoms with Crippen LogP contribution in [-0.4, -0.2) is 67.0 Å². The number of piperidine rings is 1. The first-order valence-electron chi connectivity index (χ1n) is 11.6. The van der Waals surface area contributed by atoms with Crippen LogP contribution in [0.5, 0.6) is 11.5 Å². The van der Waals surface area contributed by atoms with E-state index in [1.54, 1.807) is 41.9 Å². The smallest absolute Gasteiger partial charge is 0.401 e. The molecule has 0 bridgehead atoms. The zero-order valence-electron chi connectivity index (χ0n) is 19.7. The zero-order valence-corrected chi connectivity index (χ0v) is 19.7. The molecule has 0 saturated carbocycles. The molecule has 0 radical (unpaired) electrons. The topological polar surface area (TPSA) is 113 Å². The van der Waals surface area contributed by atoms with E-state index in [9.17, 15) is 22.8 Å². The van der Waals surface area contributed by atoms with E-state index in [-0.39, 0.29) is 30.6 Å². The first-order valence-corrected chi connectivity index (χ1v) is 11.6. The van der Waals surface area contributed by atoms with Gasteiger partial charge >= 0.3 is 6.18 Å². The molecule has 198 valence electrons. The maximum absolute atomic E-state index is 12.6. The summed E-state index contributed by atoms with van der Waals surface area (Å²) in [7, 11) is 0. The van der Waals surface area contributed by atoms with Crippen molar-refractivity contribution in [2.45, 2.75) is 25.1 Å². The molecule has 1 saturated heterocycles. The molecule has 37 heavy (non-hydrogen) atoms. The van der Waals surface area contributed by atoms with Gasteiger partial charge < -0.3 is 19.2 Å². The normalized spacial score (nSPS) is 14.9. The summed E-state index contributed by atoms with van der Waals surface area (Å²) in [5.41, 5.74) is 2.32. The van der Waals surface area contributed by atoms with Gasteiger partial charge in [-0.15, -0.1) is 0 Å². The van der Waals surface area contributed by atoms with E-state index < -0.39 is 24.5 Å². The number of benzene rings is 2. The molecule has 1 fully saturated rings. The average molecular weight is 521 g/mol. The second-order valence-electron chi connectivity index (χ2n) is 8.59. The van der Waals surface area contributed by atoms with Crippen molar-refractivity contribution in [3.63, 3.8) is 0 Å². The second-order valence-corrected chi connectivity index (χ2v) is 8.59. The van der Waals surface area contributed by atoms with E-state index >= 15 is 0 Å². The first kappa shape index (κ1) is 26.3. The minimum atomic E-state index is -4.20. The first-order chi connectivity index (χ1) is 17.7. The molecule has 3 N–H and O–H groups in total. The highest BCUT2D eigenvalue weighted by atomic mass is 19.4. The van der Waals surface area contributed by atoms with Crippen molar-refractivity contribution in [2.75, 3.05) is 32.8 Å². The van der Waals surface area contributed by atoms with Gasteiger partial charge in [0.2, 0.25) is 0 Å². The fourth-order valence-corrected chi connectivity index (χ4v) is 4.03. The molecule has 9 nitrogen and oxygen atoms in total. The Morgan fingerprint density at radius 1 is 1.03 bits per heavy atom. The number of hydrogen-bond donors (Lipinski definition) is 3. The van der Waals surface area contributed by atoms with Gasteiger partial charge in [0.25, 0.3) is 11.8 Å². The van der Waals surface area contributed by atoms with E-state index in [1.165, 1.54) is 17.0 Å². The van der Waals surface area contributed by atoms with Crippen LogP contribution >= 0.6 is 0 Å². The van der Waals surface area contributed by atoms with Crippen molar-refractivity contribution in [3.05, 3.63) is 59.9 Å². The molecular formula is C25H26F3N3O6. The van der Waals surface area contributed by atoms with Gasteiger partial charge in [-0.1, -0.05) is 0 Å². The number of ether oxygens (including phenoxy) is 2. The SMILES string of the molecule is O=C(NO)c1ccc(OCCNC(=O)c2cc3cc(OC4CCN(CC(F)(F)F)CC4)ccc3o2)cc1. The Morgan fingerprint density at radius 2 is 1.73 bits per heavy atom. The fraction of sp³-hybridized carbons (Fsp3) is 0.360. The molecular weight excluding hydrogens is 495 g/mol. The number of hydrogen-bond acceptors (Lipinski definition) is 7. The van der Waals surface area contributed by atoms with Gasteiger partial charge in [-0.25, -0.2) is 5.48 Å². The molecule has 1 aromatic heterocycles. The molecule has 0 atom stereocenters. The number of carbonyl (C=O) groups excluding carboxylic acids is 2. The van der Waals surface area contributed by atoms with Gasteiger partial charge in [0.15, 0.2) is 5.76 Å². The van der Waals surface area contributed by atoms with Crippen molar-refractivity contribution in [1.82, 2.24) is 15.7 Å². The summed E-state index contributed by atoms with van der Waals surface area (Å²) < 4.78 is 54.8. The van der Waals surface area contributed by atoms with Gasteiger partial charge in [-0.2, -0.15) is 13.2 Å². The van der Waals surface area contributed by atoms with Crippen LogP contribution in [0.3, 0.4) is 0 Å². The Bertz CT molecular complexity index is 1220. The third-order valence-corrected chi connectivity index (χ3v) is 5.83. The largest absolute Gasteiger partial charge is 0.492 e. The average Bonchev–Trinajstić information content (AvgIpc) is 3.30. The molecule has 4 rings (SSSR count). The number of amides is 2. The summed E-state index contributed by atoms with van der Waals surface area (Å²) in [6, 6.07) is 12.8. The molecule has 0 spiro atoms. The number of nitrogens with zero attached hydrogens (tertiary/aromatic N) is 1. The lowest BCUT2D eigenvalue weighted by Gasteiger charge is -2.32. The lowest BCUT2D eigenvalue weighted by molar-refractivity contribution is -0.149. The Balaban J connectivity index is 1.24.